The van der Waals surface area contributed by atoms with Gasteiger partial charge in [0.05, 0.1) is 17.2 Å². The molecule has 0 saturated carbocycles. The highest BCUT2D eigenvalue weighted by Gasteiger charge is 2.44. The first-order chi connectivity index (χ1) is 8.87. The molecule has 0 radical (unpaired) electrons. The van der Waals surface area contributed by atoms with Gasteiger partial charge in [0.2, 0.25) is 6.20 Å². The van der Waals surface area contributed by atoms with Crippen molar-refractivity contribution in [3.63, 3.8) is 0 Å². The molecule has 0 N–H and O–H groups in total. The molecule has 0 atom stereocenters. The van der Waals surface area contributed by atoms with Gasteiger partial charge in [0, 0.05) is 6.08 Å². The third kappa shape index (κ3) is 3.80. The van der Waals surface area contributed by atoms with Gasteiger partial charge in [-0.1, -0.05) is 6.07 Å². The van der Waals surface area contributed by atoms with Crippen molar-refractivity contribution in [3.8, 4) is 0 Å². The normalized spacial score (nSPS) is 11.5. The molecule has 19 heavy (non-hydrogen) atoms. The Morgan fingerprint density at radius 1 is 1.58 bits per heavy atom. The lowest BCUT2D eigenvalue weighted by atomic mass is 10.2. The van der Waals surface area contributed by atoms with Crippen molar-refractivity contribution in [1.29, 1.82) is 0 Å². The minimum atomic E-state index is -3.89. The Morgan fingerprint density at radius 2 is 2.26 bits per heavy atom. The van der Waals surface area contributed by atoms with Crippen LogP contribution in [0.25, 0.3) is 6.08 Å². The van der Waals surface area contributed by atoms with Crippen molar-refractivity contribution >= 4 is 12.0 Å². The molecule has 1 aromatic rings. The summed E-state index contributed by atoms with van der Waals surface area (Å²) in [6.07, 6.45) is 1.51. The third-order valence-electron chi connectivity index (χ3n) is 1.99. The van der Waals surface area contributed by atoms with Gasteiger partial charge >= 0.3 is 11.9 Å². The van der Waals surface area contributed by atoms with E-state index < -0.39 is 22.5 Å². The largest absolute Gasteiger partial charge is 0.461 e. The molecule has 0 unspecified atom stereocenters. The summed E-state index contributed by atoms with van der Waals surface area (Å²) >= 11 is 0. The van der Waals surface area contributed by atoms with Gasteiger partial charge in [-0.3, -0.25) is 10.1 Å². The predicted molar refractivity (Wildman–Crippen MR) is 60.8 cm³/mol. The van der Waals surface area contributed by atoms with E-state index in [0.29, 0.717) is 6.20 Å². The van der Waals surface area contributed by atoms with E-state index >= 15 is 0 Å². The molecular weight excluding hydrogens is 262 g/mol. The second-order valence-electron chi connectivity index (χ2n) is 3.34. The van der Waals surface area contributed by atoms with Gasteiger partial charge in [-0.15, -0.1) is 0 Å². The lowest BCUT2D eigenvalue weighted by molar-refractivity contribution is -0.401. The number of nitrogens with zero attached hydrogens (tertiary/aromatic N) is 2. The van der Waals surface area contributed by atoms with Gasteiger partial charge in [-0.25, -0.2) is 9.78 Å². The smallest absolute Gasteiger partial charge is 0.384 e. The zero-order chi connectivity index (χ0) is 14.5. The molecule has 0 aromatic carbocycles. The van der Waals surface area contributed by atoms with Crippen molar-refractivity contribution in [3.05, 3.63) is 45.9 Å². The van der Waals surface area contributed by atoms with Crippen molar-refractivity contribution in [1.82, 2.24) is 4.98 Å². The maximum absolute atomic E-state index is 13.6. The van der Waals surface area contributed by atoms with Crippen LogP contribution in [0.2, 0.25) is 0 Å². The summed E-state index contributed by atoms with van der Waals surface area (Å²) in [6, 6.07) is 3.46. The van der Waals surface area contributed by atoms with Crippen LogP contribution in [0.1, 0.15) is 18.3 Å². The van der Waals surface area contributed by atoms with Gasteiger partial charge in [-0.05, 0) is 19.1 Å². The molecule has 6 nitrogen and oxygen atoms in total. The lowest BCUT2D eigenvalue weighted by Crippen LogP contribution is -2.29. The SMILES string of the molecule is CCOC(=O)C(F)(F)c1cccc(/C=C/[N+](=O)[O-])n1. The molecule has 0 fully saturated rings. The Morgan fingerprint density at radius 3 is 2.84 bits per heavy atom. The van der Waals surface area contributed by atoms with Crippen molar-refractivity contribution in [2.24, 2.45) is 0 Å². The lowest BCUT2D eigenvalue weighted by Gasteiger charge is -2.14. The summed E-state index contributed by atoms with van der Waals surface area (Å²) < 4.78 is 31.5. The number of rotatable bonds is 5. The molecular formula is C11H10F2N2O4. The van der Waals surface area contributed by atoms with Crippen LogP contribution in [0.4, 0.5) is 8.78 Å². The predicted octanol–water partition coefficient (Wildman–Crippen LogP) is 1.98. The van der Waals surface area contributed by atoms with E-state index in [-0.39, 0.29) is 12.3 Å². The quantitative estimate of drug-likeness (QED) is 0.465. The van der Waals surface area contributed by atoms with Gasteiger partial charge in [0.25, 0.3) is 0 Å². The number of carbonyl (C=O) groups is 1. The molecule has 0 bridgehead atoms. The highest BCUT2D eigenvalue weighted by molar-refractivity contribution is 5.78. The number of alkyl halides is 2. The van der Waals surface area contributed by atoms with Crippen LogP contribution in [0, 0.1) is 10.1 Å². The molecule has 1 aromatic heterocycles. The van der Waals surface area contributed by atoms with Gasteiger partial charge in [0.1, 0.15) is 5.69 Å². The van der Waals surface area contributed by atoms with E-state index in [0.717, 1.165) is 12.1 Å². The maximum Gasteiger partial charge on any atom is 0.384 e. The molecule has 0 saturated heterocycles. The zero-order valence-corrected chi connectivity index (χ0v) is 9.88. The summed E-state index contributed by atoms with van der Waals surface area (Å²) in [5.41, 5.74) is -0.880. The molecule has 1 rings (SSSR count). The zero-order valence-electron chi connectivity index (χ0n) is 9.88. The van der Waals surface area contributed by atoms with Crippen LogP contribution in [0.3, 0.4) is 0 Å². The van der Waals surface area contributed by atoms with E-state index in [1.807, 2.05) is 0 Å². The topological polar surface area (TPSA) is 82.3 Å². The molecule has 1 heterocycles. The first kappa shape index (κ1) is 14.7. The van der Waals surface area contributed by atoms with Crippen LogP contribution >= 0.6 is 0 Å². The monoisotopic (exact) mass is 272 g/mol. The Labute approximate surface area is 106 Å². The summed E-state index contributed by atoms with van der Waals surface area (Å²) in [6.45, 7) is 1.22. The number of carbonyl (C=O) groups excluding carboxylic acids is 1. The second-order valence-corrected chi connectivity index (χ2v) is 3.34. The first-order valence-electron chi connectivity index (χ1n) is 5.22. The fourth-order valence-electron chi connectivity index (χ4n) is 1.18. The Bertz CT molecular complexity index is 517. The fourth-order valence-corrected chi connectivity index (χ4v) is 1.18. The summed E-state index contributed by atoms with van der Waals surface area (Å²) in [7, 11) is 0. The van der Waals surface area contributed by atoms with E-state index in [2.05, 4.69) is 9.72 Å². The van der Waals surface area contributed by atoms with E-state index in [9.17, 15) is 23.7 Å². The van der Waals surface area contributed by atoms with Gasteiger partial charge < -0.3 is 4.74 Å². The number of halogens is 2. The minimum absolute atomic E-state index is 0.0572. The number of pyridine rings is 1. The molecule has 0 aliphatic rings. The Hall–Kier alpha value is -2.38. The standard InChI is InChI=1S/C11H10F2N2O4/c1-2-19-10(16)11(12,13)9-5-3-4-8(14-9)6-7-15(17)18/h3-7H,2H2,1H3/b7-6+. The number of ether oxygens (including phenoxy) is 1. The number of nitro groups is 1. The first-order valence-corrected chi connectivity index (χ1v) is 5.22. The molecule has 0 aliphatic heterocycles. The van der Waals surface area contributed by atoms with Gasteiger partial charge in [0.15, 0.2) is 0 Å². The minimum Gasteiger partial charge on any atom is -0.461 e. The number of hydrogen-bond donors (Lipinski definition) is 0. The molecule has 102 valence electrons. The van der Waals surface area contributed by atoms with Gasteiger partial charge in [-0.2, -0.15) is 8.78 Å². The highest BCUT2D eigenvalue weighted by Crippen LogP contribution is 2.28. The van der Waals surface area contributed by atoms with Crippen molar-refractivity contribution in [2.45, 2.75) is 12.8 Å². The van der Waals surface area contributed by atoms with Crippen LogP contribution in [-0.4, -0.2) is 22.5 Å². The Kier molecular flexibility index (Phi) is 4.62. The van der Waals surface area contributed by atoms with Crippen molar-refractivity contribution < 1.29 is 23.2 Å². The summed E-state index contributed by atoms with van der Waals surface area (Å²) in [4.78, 5) is 23.9. The summed E-state index contributed by atoms with van der Waals surface area (Å²) in [5, 5.41) is 10.1. The maximum atomic E-state index is 13.6. The average Bonchev–Trinajstić information content (AvgIpc) is 2.37. The second kappa shape index (κ2) is 5.98. The van der Waals surface area contributed by atoms with Crippen LogP contribution < -0.4 is 0 Å². The number of aromatic nitrogens is 1. The third-order valence-corrected chi connectivity index (χ3v) is 1.99. The van der Waals surface area contributed by atoms with E-state index in [1.165, 1.54) is 19.1 Å². The van der Waals surface area contributed by atoms with Crippen LogP contribution in [-0.2, 0) is 15.5 Å². The highest BCUT2D eigenvalue weighted by atomic mass is 19.3. The molecule has 0 spiro atoms. The van der Waals surface area contributed by atoms with E-state index in [4.69, 9.17) is 0 Å². The summed E-state index contributed by atoms with van der Waals surface area (Å²) in [5.74, 6) is -5.60. The van der Waals surface area contributed by atoms with Crippen LogP contribution in [0.15, 0.2) is 24.4 Å². The number of esters is 1. The Balaban J connectivity index is 3.04. The molecule has 0 amide bonds. The van der Waals surface area contributed by atoms with Crippen molar-refractivity contribution in [2.75, 3.05) is 6.61 Å². The fraction of sp³-hybridized carbons (Fsp3) is 0.273. The van der Waals surface area contributed by atoms with E-state index in [1.54, 1.807) is 0 Å². The van der Waals surface area contributed by atoms with Crippen LogP contribution in [0.5, 0.6) is 0 Å². The number of hydrogen-bond acceptors (Lipinski definition) is 5. The molecule has 8 heteroatoms. The molecule has 0 aliphatic carbocycles. The average molecular weight is 272 g/mol.